The monoisotopic (exact) mass is 317 g/mol. The minimum atomic E-state index is -0.224. The van der Waals surface area contributed by atoms with E-state index in [0.29, 0.717) is 19.8 Å². The largest absolute Gasteiger partial charge is 0.490 e. The summed E-state index contributed by atoms with van der Waals surface area (Å²) in [5.41, 5.74) is 8.12. The first kappa shape index (κ1) is 17.3. The highest BCUT2D eigenvalue weighted by molar-refractivity contribution is 5.44. The number of rotatable bonds is 8. The molecule has 0 fully saturated rings. The minimum Gasteiger partial charge on any atom is -0.490 e. The van der Waals surface area contributed by atoms with Gasteiger partial charge in [-0.25, -0.2) is 4.39 Å². The van der Waals surface area contributed by atoms with Gasteiger partial charge < -0.3 is 15.2 Å². The number of benzene rings is 2. The zero-order valence-corrected chi connectivity index (χ0v) is 13.7. The minimum absolute atomic E-state index is 0.148. The SMILES string of the molecule is CCOc1ccc(C(CN)Cc2ccc(F)cc2)cc1OCC. The number of halogens is 1. The zero-order valence-electron chi connectivity index (χ0n) is 13.7. The number of hydrogen-bond acceptors (Lipinski definition) is 3. The molecule has 2 aromatic carbocycles. The predicted molar refractivity (Wildman–Crippen MR) is 90.7 cm³/mol. The van der Waals surface area contributed by atoms with Crippen molar-refractivity contribution in [1.82, 2.24) is 0 Å². The summed E-state index contributed by atoms with van der Waals surface area (Å²) >= 11 is 0. The van der Waals surface area contributed by atoms with Crippen LogP contribution in [-0.4, -0.2) is 19.8 Å². The van der Waals surface area contributed by atoms with E-state index in [9.17, 15) is 4.39 Å². The third kappa shape index (κ3) is 4.70. The van der Waals surface area contributed by atoms with Gasteiger partial charge in [0.15, 0.2) is 11.5 Å². The van der Waals surface area contributed by atoms with Gasteiger partial charge in [0, 0.05) is 5.92 Å². The Morgan fingerprint density at radius 1 is 0.957 bits per heavy atom. The summed E-state index contributed by atoms with van der Waals surface area (Å²) in [6.45, 7) is 5.57. The first-order valence-corrected chi connectivity index (χ1v) is 8.02. The van der Waals surface area contributed by atoms with Gasteiger partial charge in [0.2, 0.25) is 0 Å². The standard InChI is InChI=1S/C19H24FNO2/c1-3-22-18-10-7-15(12-19(18)23-4-2)16(13-21)11-14-5-8-17(20)9-6-14/h5-10,12,16H,3-4,11,13,21H2,1-2H3. The molecule has 4 heteroatoms. The lowest BCUT2D eigenvalue weighted by Gasteiger charge is -2.18. The van der Waals surface area contributed by atoms with E-state index < -0.39 is 0 Å². The summed E-state index contributed by atoms with van der Waals surface area (Å²) in [6, 6.07) is 12.5. The highest BCUT2D eigenvalue weighted by Gasteiger charge is 2.14. The van der Waals surface area contributed by atoms with E-state index in [2.05, 4.69) is 0 Å². The molecule has 0 saturated carbocycles. The lowest BCUT2D eigenvalue weighted by molar-refractivity contribution is 0.287. The zero-order chi connectivity index (χ0) is 16.7. The summed E-state index contributed by atoms with van der Waals surface area (Å²) in [5, 5.41) is 0. The molecule has 0 amide bonds. The van der Waals surface area contributed by atoms with Gasteiger partial charge in [-0.3, -0.25) is 0 Å². The van der Waals surface area contributed by atoms with Crippen molar-refractivity contribution in [2.75, 3.05) is 19.8 Å². The van der Waals surface area contributed by atoms with Crippen molar-refractivity contribution in [3.05, 3.63) is 59.4 Å². The Hall–Kier alpha value is -2.07. The van der Waals surface area contributed by atoms with E-state index in [-0.39, 0.29) is 11.7 Å². The Bertz CT molecular complexity index is 613. The van der Waals surface area contributed by atoms with E-state index in [4.69, 9.17) is 15.2 Å². The van der Waals surface area contributed by atoms with Gasteiger partial charge in [-0.15, -0.1) is 0 Å². The van der Waals surface area contributed by atoms with Gasteiger partial charge in [-0.1, -0.05) is 18.2 Å². The van der Waals surface area contributed by atoms with Gasteiger partial charge in [0.1, 0.15) is 5.82 Å². The van der Waals surface area contributed by atoms with Gasteiger partial charge >= 0.3 is 0 Å². The Labute approximate surface area is 137 Å². The van der Waals surface area contributed by atoms with Crippen LogP contribution < -0.4 is 15.2 Å². The Balaban J connectivity index is 2.22. The van der Waals surface area contributed by atoms with Crippen molar-refractivity contribution >= 4 is 0 Å². The summed E-state index contributed by atoms with van der Waals surface area (Å²) in [5.74, 6) is 1.41. The quantitative estimate of drug-likeness (QED) is 0.803. The molecule has 2 N–H and O–H groups in total. The fourth-order valence-electron chi connectivity index (χ4n) is 2.56. The molecule has 0 aliphatic carbocycles. The summed E-state index contributed by atoms with van der Waals surface area (Å²) in [4.78, 5) is 0. The molecule has 1 unspecified atom stereocenters. The molecular weight excluding hydrogens is 293 g/mol. The number of nitrogens with two attached hydrogens (primary N) is 1. The van der Waals surface area contributed by atoms with Gasteiger partial charge in [0.25, 0.3) is 0 Å². The fourth-order valence-corrected chi connectivity index (χ4v) is 2.56. The third-order valence-corrected chi connectivity index (χ3v) is 3.72. The van der Waals surface area contributed by atoms with Crippen LogP contribution >= 0.6 is 0 Å². The molecule has 2 aromatic rings. The highest BCUT2D eigenvalue weighted by atomic mass is 19.1. The van der Waals surface area contributed by atoms with Gasteiger partial charge in [-0.05, 0) is 62.2 Å². The molecule has 0 bridgehead atoms. The predicted octanol–water partition coefficient (Wildman–Crippen LogP) is 3.91. The Kier molecular flexibility index (Phi) is 6.41. The van der Waals surface area contributed by atoms with Crippen molar-refractivity contribution in [3.8, 4) is 11.5 Å². The van der Waals surface area contributed by atoms with E-state index in [1.54, 1.807) is 12.1 Å². The van der Waals surface area contributed by atoms with Crippen molar-refractivity contribution in [3.63, 3.8) is 0 Å². The van der Waals surface area contributed by atoms with Crippen LogP contribution in [0.4, 0.5) is 4.39 Å². The second-order valence-corrected chi connectivity index (χ2v) is 5.34. The van der Waals surface area contributed by atoms with Crippen molar-refractivity contribution in [2.24, 2.45) is 5.73 Å². The fraction of sp³-hybridized carbons (Fsp3) is 0.368. The molecule has 3 nitrogen and oxygen atoms in total. The van der Waals surface area contributed by atoms with Crippen LogP contribution in [-0.2, 0) is 6.42 Å². The molecule has 23 heavy (non-hydrogen) atoms. The van der Waals surface area contributed by atoms with Crippen LogP contribution in [0.15, 0.2) is 42.5 Å². The van der Waals surface area contributed by atoms with Crippen LogP contribution in [0.25, 0.3) is 0 Å². The maximum atomic E-state index is 13.0. The third-order valence-electron chi connectivity index (χ3n) is 3.72. The number of hydrogen-bond donors (Lipinski definition) is 1. The van der Waals surface area contributed by atoms with Crippen molar-refractivity contribution in [1.29, 1.82) is 0 Å². The topological polar surface area (TPSA) is 44.5 Å². The molecule has 0 aliphatic rings. The van der Waals surface area contributed by atoms with Crippen molar-refractivity contribution < 1.29 is 13.9 Å². The maximum Gasteiger partial charge on any atom is 0.161 e. The molecule has 1 atom stereocenters. The van der Waals surface area contributed by atoms with E-state index in [1.165, 1.54) is 12.1 Å². The van der Waals surface area contributed by atoms with Crippen LogP contribution in [0.2, 0.25) is 0 Å². The van der Waals surface area contributed by atoms with E-state index in [0.717, 1.165) is 29.0 Å². The van der Waals surface area contributed by atoms with Crippen molar-refractivity contribution in [2.45, 2.75) is 26.2 Å². The molecule has 0 aromatic heterocycles. The van der Waals surface area contributed by atoms with Gasteiger partial charge in [-0.2, -0.15) is 0 Å². The average molecular weight is 317 g/mol. The van der Waals surface area contributed by atoms with E-state index >= 15 is 0 Å². The second kappa shape index (κ2) is 8.53. The molecule has 0 saturated heterocycles. The lowest BCUT2D eigenvalue weighted by Crippen LogP contribution is -2.15. The highest BCUT2D eigenvalue weighted by Crippen LogP contribution is 2.32. The van der Waals surface area contributed by atoms with Crippen LogP contribution in [0.3, 0.4) is 0 Å². The first-order chi connectivity index (χ1) is 11.2. The van der Waals surface area contributed by atoms with Gasteiger partial charge in [0.05, 0.1) is 13.2 Å². The molecule has 2 rings (SSSR count). The summed E-state index contributed by atoms with van der Waals surface area (Å²) in [6.07, 6.45) is 0.760. The molecular formula is C19H24FNO2. The first-order valence-electron chi connectivity index (χ1n) is 8.02. The average Bonchev–Trinajstić information content (AvgIpc) is 2.56. The summed E-state index contributed by atoms with van der Waals surface area (Å²) < 4.78 is 24.3. The Morgan fingerprint density at radius 2 is 1.61 bits per heavy atom. The van der Waals surface area contributed by atoms with Crippen LogP contribution in [0, 0.1) is 5.82 Å². The molecule has 124 valence electrons. The van der Waals surface area contributed by atoms with Crippen LogP contribution in [0.1, 0.15) is 30.9 Å². The van der Waals surface area contributed by atoms with E-state index in [1.807, 2.05) is 32.0 Å². The maximum absolute atomic E-state index is 13.0. The van der Waals surface area contributed by atoms with Crippen LogP contribution in [0.5, 0.6) is 11.5 Å². The summed E-state index contributed by atoms with van der Waals surface area (Å²) in [7, 11) is 0. The molecule has 0 radical (unpaired) electrons. The molecule has 0 aliphatic heterocycles. The number of ether oxygens (including phenoxy) is 2. The molecule has 0 spiro atoms. The smallest absolute Gasteiger partial charge is 0.161 e. The Morgan fingerprint density at radius 3 is 2.22 bits per heavy atom. The normalized spacial score (nSPS) is 12.0. The molecule has 0 heterocycles. The lowest BCUT2D eigenvalue weighted by atomic mass is 9.92. The second-order valence-electron chi connectivity index (χ2n) is 5.34.